The van der Waals surface area contributed by atoms with Crippen LogP contribution in [0.5, 0.6) is 0 Å². The fourth-order valence-corrected chi connectivity index (χ4v) is 1.60. The monoisotopic (exact) mass is 246 g/mol. The van der Waals surface area contributed by atoms with E-state index in [0.717, 1.165) is 6.42 Å². The second-order valence-corrected chi connectivity index (χ2v) is 6.28. The summed E-state index contributed by atoms with van der Waals surface area (Å²) in [6, 6.07) is 0.185. The second-order valence-electron chi connectivity index (χ2n) is 6.28. The molecule has 0 aromatic carbocycles. The van der Waals surface area contributed by atoms with E-state index in [0.29, 0.717) is 13.2 Å². The highest BCUT2D eigenvalue weighted by Crippen LogP contribution is 2.20. The van der Waals surface area contributed by atoms with Gasteiger partial charge in [-0.05, 0) is 48.0 Å². The summed E-state index contributed by atoms with van der Waals surface area (Å²) in [5, 5.41) is 0. The van der Waals surface area contributed by atoms with Gasteiger partial charge < -0.3 is 20.9 Å². The molecule has 17 heavy (non-hydrogen) atoms. The first-order valence-electron chi connectivity index (χ1n) is 6.33. The average Bonchev–Trinajstić information content (AvgIpc) is 2.10. The van der Waals surface area contributed by atoms with E-state index in [9.17, 15) is 0 Å². The number of nitrogens with two attached hydrogens (primary N) is 2. The highest BCUT2D eigenvalue weighted by atomic mass is 16.6. The van der Waals surface area contributed by atoms with Gasteiger partial charge in [-0.25, -0.2) is 0 Å². The van der Waals surface area contributed by atoms with Crippen molar-refractivity contribution in [1.29, 1.82) is 0 Å². The molecule has 0 aliphatic rings. The molecule has 2 unspecified atom stereocenters. The smallest absolute Gasteiger partial charge is 0.0860 e. The molecular weight excluding hydrogens is 216 g/mol. The molecule has 0 amide bonds. The van der Waals surface area contributed by atoms with Crippen molar-refractivity contribution in [2.24, 2.45) is 11.5 Å². The largest absolute Gasteiger partial charge is 0.373 e. The molecule has 0 saturated heterocycles. The lowest BCUT2D eigenvalue weighted by atomic mass is 10.00. The zero-order valence-electron chi connectivity index (χ0n) is 12.2. The molecule has 0 fully saturated rings. The Balaban J connectivity index is 4.07. The lowest BCUT2D eigenvalue weighted by Crippen LogP contribution is -2.41. The van der Waals surface area contributed by atoms with Crippen molar-refractivity contribution < 1.29 is 9.47 Å². The molecule has 0 aliphatic heterocycles. The summed E-state index contributed by atoms with van der Waals surface area (Å²) in [6.45, 7) is 13.1. The molecule has 2 atom stereocenters. The van der Waals surface area contributed by atoms with Crippen LogP contribution in [0, 0.1) is 0 Å². The molecule has 0 bridgehead atoms. The van der Waals surface area contributed by atoms with Crippen LogP contribution in [0.15, 0.2) is 0 Å². The SMILES string of the molecule is CC(N)COC(C)(C)COC(C)(C)CC(C)N. The molecule has 0 heterocycles. The van der Waals surface area contributed by atoms with Crippen LogP contribution in [-0.2, 0) is 9.47 Å². The van der Waals surface area contributed by atoms with Crippen molar-refractivity contribution in [3.05, 3.63) is 0 Å². The van der Waals surface area contributed by atoms with Crippen LogP contribution < -0.4 is 11.5 Å². The third-order valence-corrected chi connectivity index (χ3v) is 2.36. The zero-order valence-corrected chi connectivity index (χ0v) is 12.2. The van der Waals surface area contributed by atoms with Gasteiger partial charge >= 0.3 is 0 Å². The third-order valence-electron chi connectivity index (χ3n) is 2.36. The van der Waals surface area contributed by atoms with Crippen LogP contribution in [0.4, 0.5) is 0 Å². The molecule has 0 saturated carbocycles. The summed E-state index contributed by atoms with van der Waals surface area (Å²) in [5.74, 6) is 0. The van der Waals surface area contributed by atoms with Gasteiger partial charge in [0, 0.05) is 12.1 Å². The fraction of sp³-hybridized carbons (Fsp3) is 1.00. The molecular formula is C13H30N2O2. The minimum Gasteiger partial charge on any atom is -0.373 e. The van der Waals surface area contributed by atoms with Crippen LogP contribution in [0.25, 0.3) is 0 Å². The standard InChI is InChI=1S/C13H30N2O2/c1-10(14)7-12(3,4)17-9-13(5,6)16-8-11(2)15/h10-11H,7-9,14-15H2,1-6H3. The van der Waals surface area contributed by atoms with E-state index >= 15 is 0 Å². The zero-order chi connectivity index (χ0) is 13.7. The van der Waals surface area contributed by atoms with Gasteiger partial charge in [-0.3, -0.25) is 0 Å². The average molecular weight is 246 g/mol. The predicted molar refractivity (Wildman–Crippen MR) is 72.0 cm³/mol. The summed E-state index contributed by atoms with van der Waals surface area (Å²) in [6.07, 6.45) is 0.830. The Bertz CT molecular complexity index is 213. The van der Waals surface area contributed by atoms with Crippen LogP contribution in [0.2, 0.25) is 0 Å². The molecule has 0 spiro atoms. The van der Waals surface area contributed by atoms with E-state index < -0.39 is 0 Å². The van der Waals surface area contributed by atoms with Gasteiger partial charge in [-0.2, -0.15) is 0 Å². The van der Waals surface area contributed by atoms with Gasteiger partial charge in [-0.1, -0.05) is 0 Å². The molecule has 104 valence electrons. The number of hydrogen-bond acceptors (Lipinski definition) is 4. The van der Waals surface area contributed by atoms with E-state index in [4.69, 9.17) is 20.9 Å². The van der Waals surface area contributed by atoms with Crippen molar-refractivity contribution in [3.8, 4) is 0 Å². The topological polar surface area (TPSA) is 70.5 Å². The molecule has 4 nitrogen and oxygen atoms in total. The summed E-state index contributed by atoms with van der Waals surface area (Å²) >= 11 is 0. The maximum Gasteiger partial charge on any atom is 0.0860 e. The summed E-state index contributed by atoms with van der Waals surface area (Å²) in [5.41, 5.74) is 10.9. The van der Waals surface area contributed by atoms with E-state index in [1.54, 1.807) is 0 Å². The van der Waals surface area contributed by atoms with Gasteiger partial charge in [-0.15, -0.1) is 0 Å². The Morgan fingerprint density at radius 3 is 1.82 bits per heavy atom. The minimum absolute atomic E-state index is 0.0475. The molecule has 0 aromatic heterocycles. The van der Waals surface area contributed by atoms with Gasteiger partial charge in [0.2, 0.25) is 0 Å². The van der Waals surface area contributed by atoms with E-state index in [1.165, 1.54) is 0 Å². The first kappa shape index (κ1) is 16.8. The number of hydrogen-bond donors (Lipinski definition) is 2. The molecule has 0 aromatic rings. The minimum atomic E-state index is -0.317. The van der Waals surface area contributed by atoms with Crippen molar-refractivity contribution >= 4 is 0 Å². The van der Waals surface area contributed by atoms with Gasteiger partial charge in [0.1, 0.15) is 0 Å². The van der Waals surface area contributed by atoms with E-state index in [1.807, 2.05) is 27.7 Å². The van der Waals surface area contributed by atoms with Crippen LogP contribution in [-0.4, -0.2) is 36.5 Å². The van der Waals surface area contributed by atoms with Crippen molar-refractivity contribution in [2.45, 2.75) is 71.2 Å². The Morgan fingerprint density at radius 1 is 0.882 bits per heavy atom. The summed E-state index contributed by atoms with van der Waals surface area (Å²) in [7, 11) is 0. The van der Waals surface area contributed by atoms with Gasteiger partial charge in [0.05, 0.1) is 24.4 Å². The Kier molecular flexibility index (Phi) is 6.62. The van der Waals surface area contributed by atoms with Gasteiger partial charge in [0.25, 0.3) is 0 Å². The Hall–Kier alpha value is -0.160. The lowest BCUT2D eigenvalue weighted by molar-refractivity contribution is -0.124. The highest BCUT2D eigenvalue weighted by molar-refractivity contribution is 4.77. The number of rotatable bonds is 8. The first-order valence-corrected chi connectivity index (χ1v) is 6.33. The predicted octanol–water partition coefficient (Wildman–Crippen LogP) is 1.66. The van der Waals surface area contributed by atoms with Gasteiger partial charge in [0.15, 0.2) is 0 Å². The molecule has 4 N–H and O–H groups in total. The summed E-state index contributed by atoms with van der Waals surface area (Å²) in [4.78, 5) is 0. The number of ether oxygens (including phenoxy) is 2. The molecule has 0 radical (unpaired) electrons. The van der Waals surface area contributed by atoms with Crippen molar-refractivity contribution in [2.75, 3.05) is 13.2 Å². The first-order chi connectivity index (χ1) is 7.54. The molecule has 4 heteroatoms. The second kappa shape index (κ2) is 6.69. The maximum atomic E-state index is 5.89. The van der Waals surface area contributed by atoms with E-state index in [-0.39, 0.29) is 23.3 Å². The summed E-state index contributed by atoms with van der Waals surface area (Å²) < 4.78 is 11.6. The highest BCUT2D eigenvalue weighted by Gasteiger charge is 2.26. The Morgan fingerprint density at radius 2 is 1.41 bits per heavy atom. The van der Waals surface area contributed by atoms with Crippen LogP contribution >= 0.6 is 0 Å². The van der Waals surface area contributed by atoms with Crippen molar-refractivity contribution in [1.82, 2.24) is 0 Å². The normalized spacial score (nSPS) is 16.9. The fourth-order valence-electron chi connectivity index (χ4n) is 1.60. The third kappa shape index (κ3) is 9.53. The quantitative estimate of drug-likeness (QED) is 0.683. The van der Waals surface area contributed by atoms with E-state index in [2.05, 4.69) is 13.8 Å². The van der Waals surface area contributed by atoms with Crippen molar-refractivity contribution in [3.63, 3.8) is 0 Å². The molecule has 0 aliphatic carbocycles. The Labute approximate surface area is 106 Å². The molecule has 0 rings (SSSR count). The maximum absolute atomic E-state index is 5.89. The van der Waals surface area contributed by atoms with Crippen LogP contribution in [0.3, 0.4) is 0 Å². The van der Waals surface area contributed by atoms with Crippen LogP contribution in [0.1, 0.15) is 48.0 Å². The lowest BCUT2D eigenvalue weighted by Gasteiger charge is -2.33.